The predicted octanol–water partition coefficient (Wildman–Crippen LogP) is 15.3. The van der Waals surface area contributed by atoms with Crippen LogP contribution in [0.5, 0.6) is 0 Å². The number of hydrogen-bond acceptors (Lipinski definition) is 6. The highest BCUT2D eigenvalue weighted by Gasteiger charge is 2.31. The van der Waals surface area contributed by atoms with Gasteiger partial charge in [-0.1, -0.05) is 202 Å². The number of aliphatic carboxylic acids is 1. The maximum absolute atomic E-state index is 12.8. The maximum Gasteiger partial charge on any atom is 0.362 e. The normalized spacial score (nSPS) is 13.6. The molecule has 8 heteroatoms. The monoisotopic (exact) mass is 909 g/mol. The van der Waals surface area contributed by atoms with E-state index in [4.69, 9.17) is 14.2 Å². The number of carboxylic acids is 1. The number of carbonyl (C=O) groups excluding carboxylic acids is 2. The van der Waals surface area contributed by atoms with Gasteiger partial charge in [0.25, 0.3) is 0 Å². The molecule has 0 saturated heterocycles. The molecule has 0 aliphatic heterocycles. The van der Waals surface area contributed by atoms with Crippen LogP contribution >= 0.6 is 0 Å². The molecule has 0 saturated carbocycles. The van der Waals surface area contributed by atoms with Gasteiger partial charge in [0.1, 0.15) is 6.61 Å². The van der Waals surface area contributed by atoms with Crippen LogP contribution in [0.1, 0.15) is 206 Å². The molecule has 65 heavy (non-hydrogen) atoms. The zero-order valence-corrected chi connectivity index (χ0v) is 42.4. The van der Waals surface area contributed by atoms with Crippen molar-refractivity contribution in [2.75, 3.05) is 41.0 Å². The summed E-state index contributed by atoms with van der Waals surface area (Å²) >= 11 is 0. The molecular weight excluding hydrogens is 811 g/mol. The van der Waals surface area contributed by atoms with Crippen LogP contribution < -0.4 is 0 Å². The van der Waals surface area contributed by atoms with Crippen LogP contribution in [0.3, 0.4) is 0 Å². The van der Waals surface area contributed by atoms with Gasteiger partial charge in [-0.05, 0) is 70.6 Å². The number of nitrogens with zero attached hydrogens (tertiary/aromatic N) is 1. The number of rotatable bonds is 46. The third-order valence-corrected chi connectivity index (χ3v) is 11.4. The van der Waals surface area contributed by atoms with Crippen LogP contribution in [0.4, 0.5) is 0 Å². The molecule has 0 aromatic rings. The average molecular weight is 909 g/mol. The van der Waals surface area contributed by atoms with E-state index >= 15 is 0 Å². The zero-order chi connectivity index (χ0) is 47.7. The Hall–Kier alpha value is -3.49. The molecule has 0 rings (SSSR count). The van der Waals surface area contributed by atoms with Crippen molar-refractivity contribution in [3.63, 3.8) is 0 Å². The minimum Gasteiger partial charge on any atom is -0.477 e. The Morgan fingerprint density at radius 3 is 1.42 bits per heavy atom. The van der Waals surface area contributed by atoms with Gasteiger partial charge in [0.2, 0.25) is 0 Å². The first kappa shape index (κ1) is 61.5. The molecule has 0 spiro atoms. The van der Waals surface area contributed by atoms with Gasteiger partial charge in [0.15, 0.2) is 12.1 Å². The first-order valence-electron chi connectivity index (χ1n) is 26.2. The number of carbonyl (C=O) groups is 3. The molecule has 0 aliphatic carbocycles. The lowest BCUT2D eigenvalue weighted by Crippen LogP contribution is -2.50. The van der Waals surface area contributed by atoms with Crippen LogP contribution in [0.2, 0.25) is 0 Å². The minimum atomic E-state index is -0.881. The van der Waals surface area contributed by atoms with Crippen molar-refractivity contribution in [1.82, 2.24) is 0 Å². The van der Waals surface area contributed by atoms with E-state index in [9.17, 15) is 19.5 Å². The van der Waals surface area contributed by atoms with E-state index in [1.807, 2.05) is 21.1 Å². The largest absolute Gasteiger partial charge is 0.477 e. The van der Waals surface area contributed by atoms with Crippen molar-refractivity contribution in [1.29, 1.82) is 0 Å². The maximum atomic E-state index is 12.8. The zero-order valence-electron chi connectivity index (χ0n) is 42.4. The predicted molar refractivity (Wildman–Crippen MR) is 275 cm³/mol. The molecule has 0 aromatic carbocycles. The Bertz CT molecular complexity index is 1330. The first-order valence-corrected chi connectivity index (χ1v) is 26.2. The highest BCUT2D eigenvalue weighted by Crippen LogP contribution is 2.15. The third-order valence-electron chi connectivity index (χ3n) is 11.4. The van der Waals surface area contributed by atoms with Crippen molar-refractivity contribution < 1.29 is 38.2 Å². The molecule has 2 atom stereocenters. The highest BCUT2D eigenvalue weighted by molar-refractivity contribution is 5.72. The molecule has 0 aliphatic rings. The number of quaternary nitrogens is 1. The number of esters is 2. The van der Waals surface area contributed by atoms with E-state index < -0.39 is 18.1 Å². The molecule has 0 aromatic heterocycles. The summed E-state index contributed by atoms with van der Waals surface area (Å²) in [4.78, 5) is 37.2. The van der Waals surface area contributed by atoms with Crippen molar-refractivity contribution in [3.05, 3.63) is 85.1 Å². The van der Waals surface area contributed by atoms with Gasteiger partial charge in [0, 0.05) is 19.3 Å². The lowest BCUT2D eigenvalue weighted by Gasteiger charge is -2.31. The summed E-state index contributed by atoms with van der Waals surface area (Å²) in [5.41, 5.74) is 0. The Kier molecular flexibility index (Phi) is 44.5. The molecule has 0 amide bonds. The number of carboxylic acid groups (broad SMARTS) is 1. The number of unbranched alkanes of at least 4 members (excludes halogenated alkanes) is 21. The van der Waals surface area contributed by atoms with E-state index in [-0.39, 0.29) is 36.2 Å². The fourth-order valence-electron chi connectivity index (χ4n) is 7.35. The minimum absolute atomic E-state index is 0.0475. The molecule has 0 bridgehead atoms. The van der Waals surface area contributed by atoms with E-state index in [0.717, 1.165) is 83.5 Å². The van der Waals surface area contributed by atoms with Gasteiger partial charge < -0.3 is 23.8 Å². The number of ether oxygens (including phenoxy) is 3. The first-order chi connectivity index (χ1) is 31.6. The molecular formula is C57H98NO7+. The Morgan fingerprint density at radius 1 is 0.492 bits per heavy atom. The summed E-state index contributed by atoms with van der Waals surface area (Å²) in [6.07, 6.45) is 62.0. The highest BCUT2D eigenvalue weighted by atomic mass is 16.6. The molecule has 1 N–H and O–H groups in total. The molecule has 372 valence electrons. The third kappa shape index (κ3) is 45.5. The molecule has 8 nitrogen and oxygen atoms in total. The van der Waals surface area contributed by atoms with Gasteiger partial charge >= 0.3 is 17.9 Å². The van der Waals surface area contributed by atoms with Crippen molar-refractivity contribution in [2.24, 2.45) is 0 Å². The molecule has 0 heterocycles. The van der Waals surface area contributed by atoms with Gasteiger partial charge in [-0.2, -0.15) is 0 Å². The molecule has 2 unspecified atom stereocenters. The lowest BCUT2D eigenvalue weighted by molar-refractivity contribution is -0.887. The smallest absolute Gasteiger partial charge is 0.362 e. The fourth-order valence-corrected chi connectivity index (χ4v) is 7.35. The van der Waals surface area contributed by atoms with E-state index in [1.54, 1.807) is 0 Å². The molecule has 0 fully saturated rings. The second-order valence-electron chi connectivity index (χ2n) is 18.5. The van der Waals surface area contributed by atoms with Gasteiger partial charge in [-0.25, -0.2) is 4.79 Å². The van der Waals surface area contributed by atoms with Gasteiger partial charge in [0.05, 0.1) is 34.4 Å². The summed E-state index contributed by atoms with van der Waals surface area (Å²) < 4.78 is 17.3. The standard InChI is InChI=1S/C57H97NO7/c1-6-8-10-12-14-16-18-20-22-24-26-27-28-29-30-32-33-35-37-39-41-43-45-47-55(59)64-52-53(51-63-50-49-54(57(61)62)58(3,4)5)65-56(60)48-46-44-42-40-38-36-34-31-25-23-21-19-17-15-13-11-9-7-2/h8,10,14-17,19-23,25,31,34,53-54H,6-7,9,11-13,18,24,26-30,32-33,35-52H2,1-5H3/p+1/b10-8+,16-14+,17-15+,21-19+,22-20+,25-23+,34-31+. The second-order valence-corrected chi connectivity index (χ2v) is 18.5. The van der Waals surface area contributed by atoms with E-state index in [1.165, 1.54) is 89.9 Å². The summed E-state index contributed by atoms with van der Waals surface area (Å²) in [6, 6.07) is -0.624. The Balaban J connectivity index is 4.26. The number of likely N-dealkylation sites (N-methyl/N-ethyl adjacent to an activating group) is 1. The lowest BCUT2D eigenvalue weighted by atomic mass is 10.0. The second kappa shape index (κ2) is 47.0. The van der Waals surface area contributed by atoms with Gasteiger partial charge in [-0.15, -0.1) is 0 Å². The molecule has 0 radical (unpaired) electrons. The van der Waals surface area contributed by atoms with Crippen molar-refractivity contribution >= 4 is 17.9 Å². The van der Waals surface area contributed by atoms with Crippen LogP contribution in [0.15, 0.2) is 85.1 Å². The summed E-state index contributed by atoms with van der Waals surface area (Å²) in [7, 11) is 5.52. The van der Waals surface area contributed by atoms with E-state index in [2.05, 4.69) is 98.9 Å². The number of hydrogen-bond donors (Lipinski definition) is 1. The van der Waals surface area contributed by atoms with Crippen molar-refractivity contribution in [2.45, 2.75) is 219 Å². The summed E-state index contributed by atoms with van der Waals surface area (Å²) in [5, 5.41) is 9.66. The Labute approximate surface area is 399 Å². The SMILES string of the molecule is CC/C=C/C/C=C/C/C=C/CCCCCCCCCCCCCCCC(=O)OCC(COCCC(C(=O)O)[N+](C)(C)C)OC(=O)CCCCCCC/C=C/C=C/C=C/C=C/CCCCC. The Morgan fingerprint density at radius 2 is 0.923 bits per heavy atom. The summed E-state index contributed by atoms with van der Waals surface area (Å²) in [5.74, 6) is -1.50. The topological polar surface area (TPSA) is 99.1 Å². The van der Waals surface area contributed by atoms with Crippen LogP contribution in [0, 0.1) is 0 Å². The fraction of sp³-hybridized carbons (Fsp3) is 0.702. The van der Waals surface area contributed by atoms with Crippen molar-refractivity contribution in [3.8, 4) is 0 Å². The average Bonchev–Trinajstić information content (AvgIpc) is 3.27. The number of allylic oxidation sites excluding steroid dienone is 14. The van der Waals surface area contributed by atoms with Crippen LogP contribution in [-0.4, -0.2) is 80.6 Å². The quantitative estimate of drug-likeness (QED) is 0.0213. The van der Waals surface area contributed by atoms with Crippen LogP contribution in [-0.2, 0) is 28.6 Å². The summed E-state index contributed by atoms with van der Waals surface area (Å²) in [6.45, 7) is 4.57. The van der Waals surface area contributed by atoms with Gasteiger partial charge in [-0.3, -0.25) is 9.59 Å². The van der Waals surface area contributed by atoms with E-state index in [0.29, 0.717) is 19.3 Å². The van der Waals surface area contributed by atoms with Crippen LogP contribution in [0.25, 0.3) is 0 Å².